The van der Waals surface area contributed by atoms with Gasteiger partial charge in [-0.2, -0.15) is 0 Å². The Bertz CT molecular complexity index is 954. The lowest BCUT2D eigenvalue weighted by Gasteiger charge is -2.15. The van der Waals surface area contributed by atoms with Crippen LogP contribution in [-0.2, 0) is 6.42 Å². The maximum atomic E-state index is 13.8. The Morgan fingerprint density at radius 1 is 0.889 bits per heavy atom. The lowest BCUT2D eigenvalue weighted by atomic mass is 9.90. The molecule has 0 radical (unpaired) electrons. The summed E-state index contributed by atoms with van der Waals surface area (Å²) in [7, 11) is 0. The molecule has 3 rings (SSSR count). The van der Waals surface area contributed by atoms with Gasteiger partial charge in [-0.15, -0.1) is 0 Å². The van der Waals surface area contributed by atoms with Gasteiger partial charge in [0.2, 0.25) is 0 Å². The van der Waals surface area contributed by atoms with Gasteiger partial charge in [0.15, 0.2) is 0 Å². The van der Waals surface area contributed by atoms with E-state index < -0.39 is 0 Å². The van der Waals surface area contributed by atoms with Crippen molar-refractivity contribution >= 4 is 12.4 Å². The molecule has 1 atom stereocenters. The van der Waals surface area contributed by atoms with Gasteiger partial charge in [0.1, 0.15) is 12.1 Å². The van der Waals surface area contributed by atoms with E-state index in [1.165, 1.54) is 22.8 Å². The highest BCUT2D eigenvalue weighted by molar-refractivity contribution is 5.75. The molecule has 0 fully saturated rings. The van der Waals surface area contributed by atoms with Crippen molar-refractivity contribution in [3.63, 3.8) is 0 Å². The minimum Gasteiger partial charge on any atom is -0.298 e. The molecule has 0 saturated heterocycles. The Morgan fingerprint density at radius 3 is 2.30 bits per heavy atom. The van der Waals surface area contributed by atoms with E-state index >= 15 is 0 Å². The molecule has 0 aliphatic rings. The molecular formula is C25H23FO. The summed E-state index contributed by atoms with van der Waals surface area (Å²) in [5.74, 6) is -0.158. The van der Waals surface area contributed by atoms with Crippen molar-refractivity contribution < 1.29 is 9.18 Å². The third-order valence-electron chi connectivity index (χ3n) is 4.90. The molecule has 0 aliphatic heterocycles. The normalized spacial score (nSPS) is 12.3. The van der Waals surface area contributed by atoms with Gasteiger partial charge in [-0.3, -0.25) is 4.79 Å². The average Bonchev–Trinajstić information content (AvgIpc) is 2.68. The summed E-state index contributed by atoms with van der Waals surface area (Å²) in [6, 6.07) is 20.7. The number of benzene rings is 3. The number of allylic oxidation sites excluding steroid dienone is 1. The number of aldehydes is 1. The maximum Gasteiger partial charge on any atom is 0.150 e. The first-order valence-corrected chi connectivity index (χ1v) is 9.10. The van der Waals surface area contributed by atoms with Crippen molar-refractivity contribution in [2.45, 2.75) is 26.2 Å². The zero-order chi connectivity index (χ0) is 19.2. The lowest BCUT2D eigenvalue weighted by Crippen LogP contribution is -2.01. The van der Waals surface area contributed by atoms with Gasteiger partial charge in [0, 0.05) is 11.5 Å². The van der Waals surface area contributed by atoms with Crippen LogP contribution in [0.1, 0.15) is 44.1 Å². The van der Waals surface area contributed by atoms with Crippen LogP contribution in [0.2, 0.25) is 0 Å². The second-order valence-corrected chi connectivity index (χ2v) is 6.93. The number of hydrogen-bond acceptors (Lipinski definition) is 1. The smallest absolute Gasteiger partial charge is 0.150 e. The van der Waals surface area contributed by atoms with Gasteiger partial charge >= 0.3 is 0 Å². The van der Waals surface area contributed by atoms with Crippen LogP contribution in [0.3, 0.4) is 0 Å². The fourth-order valence-corrected chi connectivity index (χ4v) is 3.13. The molecule has 3 aromatic rings. The minimum atomic E-state index is -0.221. The molecule has 1 nitrogen and oxygen atoms in total. The first kappa shape index (κ1) is 18.8. The van der Waals surface area contributed by atoms with Crippen LogP contribution in [0.5, 0.6) is 0 Å². The monoisotopic (exact) mass is 358 g/mol. The quantitative estimate of drug-likeness (QED) is 0.473. The molecule has 0 amide bonds. The molecule has 0 aliphatic carbocycles. The second-order valence-electron chi connectivity index (χ2n) is 6.93. The molecule has 27 heavy (non-hydrogen) atoms. The number of aryl methyl sites for hydroxylation is 2. The zero-order valence-electron chi connectivity index (χ0n) is 15.7. The first-order chi connectivity index (χ1) is 13.0. The van der Waals surface area contributed by atoms with Crippen LogP contribution in [0.4, 0.5) is 4.39 Å². The highest BCUT2D eigenvalue weighted by Gasteiger charge is 2.11. The summed E-state index contributed by atoms with van der Waals surface area (Å²) in [5, 5.41) is 0. The fourth-order valence-electron chi connectivity index (χ4n) is 3.13. The lowest BCUT2D eigenvalue weighted by molar-refractivity contribution is 0.112. The summed E-state index contributed by atoms with van der Waals surface area (Å²) in [6.45, 7) is 4.21. The van der Waals surface area contributed by atoms with Crippen molar-refractivity contribution in [2.75, 3.05) is 0 Å². The van der Waals surface area contributed by atoms with Crippen molar-refractivity contribution in [1.82, 2.24) is 0 Å². The third-order valence-corrected chi connectivity index (χ3v) is 4.90. The summed E-state index contributed by atoms with van der Waals surface area (Å²) < 4.78 is 13.8. The Kier molecular flexibility index (Phi) is 5.97. The molecule has 0 N–H and O–H groups in total. The van der Waals surface area contributed by atoms with Gasteiger partial charge in [0.05, 0.1) is 0 Å². The van der Waals surface area contributed by atoms with E-state index in [1.54, 1.807) is 24.3 Å². The molecule has 0 heterocycles. The summed E-state index contributed by atoms with van der Waals surface area (Å²) in [4.78, 5) is 10.8. The van der Waals surface area contributed by atoms with Gasteiger partial charge in [0.25, 0.3) is 0 Å². The van der Waals surface area contributed by atoms with Crippen molar-refractivity contribution in [3.05, 3.63) is 112 Å². The fraction of sp³-hybridized carbons (Fsp3) is 0.160. The number of hydrogen-bond donors (Lipinski definition) is 0. The Hall–Kier alpha value is -3.00. The second kappa shape index (κ2) is 8.59. The van der Waals surface area contributed by atoms with E-state index in [1.807, 2.05) is 24.3 Å². The molecule has 2 heteroatoms. The maximum absolute atomic E-state index is 13.8. The van der Waals surface area contributed by atoms with Crippen LogP contribution in [-0.4, -0.2) is 6.29 Å². The molecule has 136 valence electrons. The van der Waals surface area contributed by atoms with Gasteiger partial charge in [-0.1, -0.05) is 66.7 Å². The van der Waals surface area contributed by atoms with E-state index in [9.17, 15) is 9.18 Å². The predicted octanol–water partition coefficient (Wildman–Crippen LogP) is 6.29. The molecule has 3 aromatic carbocycles. The SMILES string of the molecule is Cc1ccc(CC(C=Cc2ccc(C=O)cc2)c2cccc(F)c2)cc1C. The molecule has 0 saturated carbocycles. The van der Waals surface area contributed by atoms with Crippen LogP contribution in [0.15, 0.2) is 72.8 Å². The molecule has 0 spiro atoms. The van der Waals surface area contributed by atoms with Crippen LogP contribution in [0.25, 0.3) is 6.08 Å². The Labute approximate surface area is 160 Å². The predicted molar refractivity (Wildman–Crippen MR) is 110 cm³/mol. The minimum absolute atomic E-state index is 0.0635. The summed E-state index contributed by atoms with van der Waals surface area (Å²) in [6.07, 6.45) is 5.78. The summed E-state index contributed by atoms with van der Waals surface area (Å²) >= 11 is 0. The van der Waals surface area contributed by atoms with Gasteiger partial charge in [-0.05, 0) is 60.2 Å². The van der Waals surface area contributed by atoms with E-state index in [0.717, 1.165) is 23.8 Å². The Morgan fingerprint density at radius 2 is 1.63 bits per heavy atom. The number of rotatable bonds is 6. The number of carbonyl (C=O) groups is 1. The van der Waals surface area contributed by atoms with Crippen molar-refractivity contribution in [3.8, 4) is 0 Å². The Balaban J connectivity index is 1.89. The van der Waals surface area contributed by atoms with Gasteiger partial charge < -0.3 is 0 Å². The van der Waals surface area contributed by atoms with E-state index in [2.05, 4.69) is 38.1 Å². The molecule has 0 bridgehead atoms. The number of halogens is 1. The number of carbonyl (C=O) groups excluding carboxylic acids is 1. The zero-order valence-corrected chi connectivity index (χ0v) is 15.7. The van der Waals surface area contributed by atoms with E-state index in [4.69, 9.17) is 0 Å². The molecule has 0 aromatic heterocycles. The standard InChI is InChI=1S/C25H23FO/c1-18-6-7-22(14-19(18)2)15-24(23-4-3-5-25(26)16-23)13-12-20-8-10-21(17-27)11-9-20/h3-14,16-17,24H,15H2,1-2H3. The summed E-state index contributed by atoms with van der Waals surface area (Å²) in [5.41, 5.74) is 6.39. The highest BCUT2D eigenvalue weighted by Crippen LogP contribution is 2.25. The highest BCUT2D eigenvalue weighted by atomic mass is 19.1. The average molecular weight is 358 g/mol. The molecular weight excluding hydrogens is 335 g/mol. The molecule has 1 unspecified atom stereocenters. The van der Waals surface area contributed by atoms with E-state index in [-0.39, 0.29) is 11.7 Å². The third kappa shape index (κ3) is 5.01. The van der Waals surface area contributed by atoms with Crippen LogP contribution in [0, 0.1) is 19.7 Å². The van der Waals surface area contributed by atoms with Gasteiger partial charge in [-0.25, -0.2) is 4.39 Å². The van der Waals surface area contributed by atoms with E-state index in [0.29, 0.717) is 5.56 Å². The topological polar surface area (TPSA) is 17.1 Å². The van der Waals surface area contributed by atoms with Crippen LogP contribution >= 0.6 is 0 Å². The van der Waals surface area contributed by atoms with Crippen LogP contribution < -0.4 is 0 Å². The van der Waals surface area contributed by atoms with Crippen molar-refractivity contribution in [1.29, 1.82) is 0 Å². The first-order valence-electron chi connectivity index (χ1n) is 9.10. The largest absolute Gasteiger partial charge is 0.298 e. The van der Waals surface area contributed by atoms with Crippen molar-refractivity contribution in [2.24, 2.45) is 0 Å².